The molecule has 2 unspecified atom stereocenters. The number of imidazole rings is 1. The van der Waals surface area contributed by atoms with Gasteiger partial charge in [0.05, 0.1) is 41.3 Å². The van der Waals surface area contributed by atoms with Crippen molar-refractivity contribution in [1.82, 2.24) is 19.8 Å². The topological polar surface area (TPSA) is 106 Å². The van der Waals surface area contributed by atoms with Crippen LogP contribution in [0.4, 0.5) is 4.39 Å². The van der Waals surface area contributed by atoms with Crippen LogP contribution < -0.4 is 5.32 Å². The van der Waals surface area contributed by atoms with Gasteiger partial charge in [0, 0.05) is 29.3 Å². The van der Waals surface area contributed by atoms with Crippen LogP contribution in [-0.2, 0) is 34.0 Å². The summed E-state index contributed by atoms with van der Waals surface area (Å²) in [6.45, 7) is 5.51. The number of aromatic carboxylic acids is 1. The minimum Gasteiger partial charge on any atom is -0.478 e. The van der Waals surface area contributed by atoms with Gasteiger partial charge in [0.25, 0.3) is 0 Å². The van der Waals surface area contributed by atoms with Gasteiger partial charge in [-0.1, -0.05) is 29.8 Å². The molecule has 1 aromatic heterocycles. The van der Waals surface area contributed by atoms with Crippen LogP contribution in [0, 0.1) is 5.82 Å². The normalized spacial score (nSPS) is 23.4. The zero-order valence-corrected chi connectivity index (χ0v) is 24.6. The molecule has 6 rings (SSSR count). The van der Waals surface area contributed by atoms with Crippen LogP contribution in [-0.4, -0.2) is 55.7 Å². The highest BCUT2D eigenvalue weighted by atomic mass is 35.5. The molecule has 224 valence electrons. The van der Waals surface area contributed by atoms with Gasteiger partial charge in [-0.15, -0.1) is 0 Å². The Bertz CT molecular complexity index is 1690. The molecule has 11 heteroatoms. The molecule has 0 aliphatic carbocycles. The van der Waals surface area contributed by atoms with Crippen LogP contribution in [0.5, 0.6) is 0 Å². The summed E-state index contributed by atoms with van der Waals surface area (Å²) in [7, 11) is 0. The van der Waals surface area contributed by atoms with E-state index in [1.165, 1.54) is 6.07 Å². The van der Waals surface area contributed by atoms with E-state index in [1.807, 2.05) is 30.6 Å². The molecule has 3 atom stereocenters. The molecule has 0 radical (unpaired) electrons. The lowest BCUT2D eigenvalue weighted by atomic mass is 9.83. The molecule has 0 spiro atoms. The fraction of sp³-hybridized carbons (Fsp3) is 0.344. The van der Waals surface area contributed by atoms with E-state index in [2.05, 4.69) is 5.32 Å². The average Bonchev–Trinajstić information content (AvgIpc) is 3.28. The first-order valence-electron chi connectivity index (χ1n) is 14.2. The summed E-state index contributed by atoms with van der Waals surface area (Å²) in [5.74, 6) is -0.438. The molecule has 1 amide bonds. The number of nitrogens with zero attached hydrogens (tertiary/aromatic N) is 3. The monoisotopic (exact) mass is 606 g/mol. The maximum Gasteiger partial charge on any atom is 0.335 e. The number of rotatable bonds is 9. The Balaban J connectivity index is 1.19. The third-order valence-electron chi connectivity index (χ3n) is 8.32. The summed E-state index contributed by atoms with van der Waals surface area (Å²) in [6, 6.07) is 9.19. The second kappa shape index (κ2) is 11.5. The number of nitrogens with one attached hydrogen (secondary N) is 1. The Kier molecular flexibility index (Phi) is 7.74. The lowest BCUT2D eigenvalue weighted by Gasteiger charge is -2.40. The average molecular weight is 607 g/mol. The van der Waals surface area contributed by atoms with Gasteiger partial charge in [0.1, 0.15) is 18.2 Å². The second-order valence-electron chi connectivity index (χ2n) is 11.4. The number of amides is 1. The van der Waals surface area contributed by atoms with Crippen molar-refractivity contribution in [3.63, 3.8) is 0 Å². The van der Waals surface area contributed by atoms with Crippen molar-refractivity contribution in [3.05, 3.63) is 99.9 Å². The van der Waals surface area contributed by atoms with Crippen LogP contribution in [0.25, 0.3) is 11.0 Å². The Hall–Kier alpha value is -4.15. The predicted molar refractivity (Wildman–Crippen MR) is 159 cm³/mol. The van der Waals surface area contributed by atoms with Gasteiger partial charge < -0.3 is 29.4 Å². The first-order valence-corrected chi connectivity index (χ1v) is 14.6. The summed E-state index contributed by atoms with van der Waals surface area (Å²) in [5, 5.41) is 13.2. The highest BCUT2D eigenvalue weighted by Crippen LogP contribution is 2.33. The molecule has 4 heterocycles. The van der Waals surface area contributed by atoms with Crippen LogP contribution in [0.1, 0.15) is 48.4 Å². The van der Waals surface area contributed by atoms with E-state index < -0.39 is 17.3 Å². The molecule has 2 N–H and O–H groups in total. The molecule has 2 aromatic carbocycles. The van der Waals surface area contributed by atoms with Gasteiger partial charge in [-0.2, -0.15) is 0 Å². The number of carboxylic acids is 1. The van der Waals surface area contributed by atoms with E-state index in [0.29, 0.717) is 52.9 Å². The summed E-state index contributed by atoms with van der Waals surface area (Å²) < 4.78 is 27.8. The molecular weight excluding hydrogens is 575 g/mol. The quantitative estimate of drug-likeness (QED) is 0.339. The van der Waals surface area contributed by atoms with Crippen molar-refractivity contribution >= 4 is 34.5 Å². The molecule has 0 bridgehead atoms. The molecular formula is C32H32ClFN4O5. The van der Waals surface area contributed by atoms with E-state index in [0.717, 1.165) is 12.0 Å². The molecule has 9 nitrogen and oxygen atoms in total. The molecule has 3 aromatic rings. The Labute approximate surface area is 253 Å². The number of carbonyl (C=O) groups excluding carboxylic acids is 1. The number of benzene rings is 2. The lowest BCUT2D eigenvalue weighted by molar-refractivity contribution is -0.129. The Morgan fingerprint density at radius 3 is 2.81 bits per heavy atom. The molecule has 1 saturated heterocycles. The molecule has 3 aliphatic rings. The number of fused-ring (bicyclic) bond motifs is 1. The number of hydrogen-bond acceptors (Lipinski definition) is 6. The number of allylic oxidation sites excluding steroid dienone is 2. The first-order chi connectivity index (χ1) is 20.6. The number of carbonyl (C=O) groups is 2. The van der Waals surface area contributed by atoms with Gasteiger partial charge in [-0.05, 0) is 68.7 Å². The van der Waals surface area contributed by atoms with Crippen molar-refractivity contribution in [1.29, 1.82) is 0 Å². The predicted octanol–water partition coefficient (Wildman–Crippen LogP) is 5.34. The highest BCUT2D eigenvalue weighted by molar-refractivity contribution is 6.30. The van der Waals surface area contributed by atoms with Gasteiger partial charge in [-0.25, -0.2) is 14.2 Å². The van der Waals surface area contributed by atoms with Gasteiger partial charge in [0.15, 0.2) is 5.88 Å². The maximum atomic E-state index is 14.2. The maximum absolute atomic E-state index is 14.2. The van der Waals surface area contributed by atoms with Gasteiger partial charge in [-0.3, -0.25) is 4.79 Å². The van der Waals surface area contributed by atoms with Crippen LogP contribution >= 0.6 is 11.6 Å². The summed E-state index contributed by atoms with van der Waals surface area (Å²) in [4.78, 5) is 31.8. The SMILES string of the molecule is CC1CC(C2(C)C=CC=C(OCc3ccc(Cl)cc3F)N2)=CC(=O)N1Cc1nc2ccc(C(=O)O)cc2n1C[C@@H]1CCO1. The second-order valence-corrected chi connectivity index (χ2v) is 11.8. The Morgan fingerprint density at radius 1 is 1.30 bits per heavy atom. The van der Waals surface area contributed by atoms with Crippen LogP contribution in [0.2, 0.25) is 5.02 Å². The smallest absolute Gasteiger partial charge is 0.335 e. The zero-order valence-electron chi connectivity index (χ0n) is 23.8. The first kappa shape index (κ1) is 28.9. The molecule has 3 aliphatic heterocycles. The van der Waals surface area contributed by atoms with E-state index in [-0.39, 0.29) is 36.8 Å². The lowest BCUT2D eigenvalue weighted by Crippen LogP contribution is -2.49. The minimum atomic E-state index is -1.01. The molecule has 43 heavy (non-hydrogen) atoms. The third kappa shape index (κ3) is 5.89. The number of ether oxygens (including phenoxy) is 2. The van der Waals surface area contributed by atoms with Crippen LogP contribution in [0.3, 0.4) is 0 Å². The van der Waals surface area contributed by atoms with E-state index in [9.17, 15) is 19.1 Å². The van der Waals surface area contributed by atoms with E-state index in [4.69, 9.17) is 26.1 Å². The fourth-order valence-corrected chi connectivity index (χ4v) is 5.84. The number of halogens is 2. The van der Waals surface area contributed by atoms with E-state index in [1.54, 1.807) is 47.4 Å². The van der Waals surface area contributed by atoms with Crippen molar-refractivity contribution < 1.29 is 28.6 Å². The van der Waals surface area contributed by atoms with Crippen LogP contribution in [0.15, 0.2) is 72.2 Å². The van der Waals surface area contributed by atoms with E-state index >= 15 is 0 Å². The summed E-state index contributed by atoms with van der Waals surface area (Å²) in [6.07, 6.45) is 8.80. The number of aromatic nitrogens is 2. The minimum absolute atomic E-state index is 0.0226. The fourth-order valence-electron chi connectivity index (χ4n) is 5.68. The van der Waals surface area contributed by atoms with Crippen molar-refractivity contribution in [2.24, 2.45) is 0 Å². The Morgan fingerprint density at radius 2 is 2.12 bits per heavy atom. The summed E-state index contributed by atoms with van der Waals surface area (Å²) >= 11 is 5.86. The summed E-state index contributed by atoms with van der Waals surface area (Å²) in [5.41, 5.74) is 2.16. The molecule has 0 saturated carbocycles. The van der Waals surface area contributed by atoms with Crippen molar-refractivity contribution in [3.8, 4) is 0 Å². The zero-order chi connectivity index (χ0) is 30.3. The number of dihydropyridines is 1. The highest BCUT2D eigenvalue weighted by Gasteiger charge is 2.36. The van der Waals surface area contributed by atoms with Gasteiger partial charge >= 0.3 is 5.97 Å². The number of hydrogen-bond donors (Lipinski definition) is 2. The van der Waals surface area contributed by atoms with Crippen molar-refractivity contribution in [2.75, 3.05) is 6.61 Å². The van der Waals surface area contributed by atoms with Gasteiger partial charge in [0.2, 0.25) is 5.91 Å². The number of carboxylic acid groups (broad SMARTS) is 1. The van der Waals surface area contributed by atoms with Crippen molar-refractivity contribution in [2.45, 2.75) is 64.1 Å². The standard InChI is InChI=1S/C32H32ClFN4O5/c1-19-12-22(32(2)10-3-4-29(36-32)43-18-21-5-7-23(33)15-25(21)34)14-30(39)37(19)17-28-35-26-8-6-20(31(40)41)13-27(26)38(28)16-24-9-11-42-24/h3-8,10,13-15,19,24,36H,9,11-12,16-18H2,1-2H3,(H,40,41)/t19?,24-,32?/m0/s1. The molecule has 1 fully saturated rings. The largest absolute Gasteiger partial charge is 0.478 e. The third-order valence-corrected chi connectivity index (χ3v) is 8.55.